The van der Waals surface area contributed by atoms with Crippen LogP contribution in [0.5, 0.6) is 0 Å². The summed E-state index contributed by atoms with van der Waals surface area (Å²) in [5.41, 5.74) is 2.90. The van der Waals surface area contributed by atoms with E-state index in [0.29, 0.717) is 22.9 Å². The number of benzene rings is 3. The van der Waals surface area contributed by atoms with E-state index in [-0.39, 0.29) is 11.9 Å². The summed E-state index contributed by atoms with van der Waals surface area (Å²) in [6.07, 6.45) is 0.820. The second-order valence-corrected chi connectivity index (χ2v) is 6.84. The van der Waals surface area contributed by atoms with Gasteiger partial charge in [0, 0.05) is 16.5 Å². The number of hydrogen-bond donors (Lipinski definition) is 1. The van der Waals surface area contributed by atoms with Gasteiger partial charge in [-0.1, -0.05) is 89.9 Å². The van der Waals surface area contributed by atoms with Crippen LogP contribution in [0.1, 0.15) is 29.2 Å². The third kappa shape index (κ3) is 4.66. The second kappa shape index (κ2) is 8.88. The molecule has 0 radical (unpaired) electrons. The molecular formula is C22H19Cl2NO. The maximum absolute atomic E-state index is 12.6. The van der Waals surface area contributed by atoms with Crippen molar-refractivity contribution < 1.29 is 4.79 Å². The summed E-state index contributed by atoms with van der Waals surface area (Å²) in [4.78, 5) is 12.6. The van der Waals surface area contributed by atoms with Crippen molar-refractivity contribution in [1.29, 1.82) is 0 Å². The summed E-state index contributed by atoms with van der Waals surface area (Å²) >= 11 is 12.4. The maximum Gasteiger partial charge on any atom is 0.221 e. The van der Waals surface area contributed by atoms with Crippen molar-refractivity contribution in [2.45, 2.75) is 18.9 Å². The molecule has 0 bridgehead atoms. The Morgan fingerprint density at radius 1 is 0.769 bits per heavy atom. The summed E-state index contributed by atoms with van der Waals surface area (Å²) in [6.45, 7) is 0. The van der Waals surface area contributed by atoms with E-state index in [1.165, 1.54) is 0 Å². The van der Waals surface area contributed by atoms with Crippen LogP contribution in [0.4, 0.5) is 0 Å². The van der Waals surface area contributed by atoms with Crippen molar-refractivity contribution in [2.75, 3.05) is 0 Å². The first-order chi connectivity index (χ1) is 12.6. The fraction of sp³-hybridized carbons (Fsp3) is 0.136. The Hall–Kier alpha value is -2.29. The van der Waals surface area contributed by atoms with Crippen LogP contribution in [-0.4, -0.2) is 5.91 Å². The van der Waals surface area contributed by atoms with Gasteiger partial charge in [0.2, 0.25) is 5.91 Å². The first-order valence-electron chi connectivity index (χ1n) is 8.47. The first-order valence-corrected chi connectivity index (χ1v) is 9.23. The van der Waals surface area contributed by atoms with E-state index in [9.17, 15) is 4.79 Å². The Morgan fingerprint density at radius 3 is 1.77 bits per heavy atom. The fourth-order valence-corrected chi connectivity index (χ4v) is 3.48. The van der Waals surface area contributed by atoms with Crippen molar-refractivity contribution in [2.24, 2.45) is 0 Å². The van der Waals surface area contributed by atoms with Gasteiger partial charge in [0.05, 0.1) is 6.04 Å². The van der Waals surface area contributed by atoms with E-state index in [0.717, 1.165) is 16.7 Å². The Labute approximate surface area is 163 Å². The van der Waals surface area contributed by atoms with Crippen molar-refractivity contribution in [3.05, 3.63) is 106 Å². The molecule has 1 amide bonds. The minimum absolute atomic E-state index is 0.0429. The Balaban J connectivity index is 1.74. The van der Waals surface area contributed by atoms with Gasteiger partial charge in [0.1, 0.15) is 0 Å². The topological polar surface area (TPSA) is 29.1 Å². The van der Waals surface area contributed by atoms with E-state index in [2.05, 4.69) is 5.32 Å². The Morgan fingerprint density at radius 2 is 1.27 bits per heavy atom. The van der Waals surface area contributed by atoms with Crippen molar-refractivity contribution >= 4 is 29.1 Å². The SMILES string of the molecule is O=C(CCc1c(Cl)cccc1Cl)NC(c1ccccc1)c1ccccc1. The molecule has 0 aliphatic carbocycles. The van der Waals surface area contributed by atoms with Crippen LogP contribution in [0.2, 0.25) is 10.0 Å². The van der Waals surface area contributed by atoms with Crippen LogP contribution in [0.25, 0.3) is 0 Å². The van der Waals surface area contributed by atoms with E-state index in [1.54, 1.807) is 18.2 Å². The average molecular weight is 384 g/mol. The molecule has 0 aromatic heterocycles. The van der Waals surface area contributed by atoms with Gasteiger partial charge < -0.3 is 5.32 Å². The van der Waals surface area contributed by atoms with Gasteiger partial charge in [-0.25, -0.2) is 0 Å². The molecule has 0 atom stereocenters. The van der Waals surface area contributed by atoms with Crippen LogP contribution in [-0.2, 0) is 11.2 Å². The standard InChI is InChI=1S/C22H19Cl2NO/c23-19-12-7-13-20(24)18(19)14-15-21(26)25-22(16-8-3-1-4-9-16)17-10-5-2-6-11-17/h1-13,22H,14-15H2,(H,25,26). The number of rotatable bonds is 6. The lowest BCUT2D eigenvalue weighted by Gasteiger charge is -2.20. The highest BCUT2D eigenvalue weighted by Crippen LogP contribution is 2.26. The zero-order valence-corrected chi connectivity index (χ0v) is 15.7. The highest BCUT2D eigenvalue weighted by atomic mass is 35.5. The monoisotopic (exact) mass is 383 g/mol. The van der Waals surface area contributed by atoms with Crippen molar-refractivity contribution in [1.82, 2.24) is 5.32 Å². The third-order valence-corrected chi connectivity index (χ3v) is 4.94. The van der Waals surface area contributed by atoms with E-state index >= 15 is 0 Å². The van der Waals surface area contributed by atoms with Gasteiger partial charge in [-0.3, -0.25) is 4.79 Å². The van der Waals surface area contributed by atoms with Crippen LogP contribution in [0.15, 0.2) is 78.9 Å². The van der Waals surface area contributed by atoms with Crippen LogP contribution in [0, 0.1) is 0 Å². The largest absolute Gasteiger partial charge is 0.345 e. The molecule has 0 spiro atoms. The number of nitrogens with one attached hydrogen (secondary N) is 1. The molecule has 0 aliphatic rings. The molecular weight excluding hydrogens is 365 g/mol. The lowest BCUT2D eigenvalue weighted by Crippen LogP contribution is -2.29. The molecule has 0 unspecified atom stereocenters. The fourth-order valence-electron chi connectivity index (χ4n) is 2.89. The number of carbonyl (C=O) groups is 1. The molecule has 0 aliphatic heterocycles. The molecule has 0 saturated carbocycles. The zero-order valence-electron chi connectivity index (χ0n) is 14.2. The first kappa shape index (κ1) is 18.5. The molecule has 26 heavy (non-hydrogen) atoms. The smallest absolute Gasteiger partial charge is 0.221 e. The van der Waals surface area contributed by atoms with Gasteiger partial charge in [-0.15, -0.1) is 0 Å². The molecule has 3 rings (SSSR count). The highest BCUT2D eigenvalue weighted by Gasteiger charge is 2.17. The summed E-state index contributed by atoms with van der Waals surface area (Å²) in [5.74, 6) is -0.0429. The molecule has 4 heteroatoms. The predicted octanol–water partition coefficient (Wildman–Crippen LogP) is 5.83. The zero-order chi connectivity index (χ0) is 18.4. The highest BCUT2D eigenvalue weighted by molar-refractivity contribution is 6.36. The molecule has 0 fully saturated rings. The van der Waals surface area contributed by atoms with Crippen molar-refractivity contribution in [3.63, 3.8) is 0 Å². The minimum Gasteiger partial charge on any atom is -0.345 e. The van der Waals surface area contributed by atoms with Crippen molar-refractivity contribution in [3.8, 4) is 0 Å². The lowest BCUT2D eigenvalue weighted by molar-refractivity contribution is -0.121. The lowest BCUT2D eigenvalue weighted by atomic mass is 9.98. The minimum atomic E-state index is -0.188. The van der Waals surface area contributed by atoms with E-state index < -0.39 is 0 Å². The summed E-state index contributed by atoms with van der Waals surface area (Å²) < 4.78 is 0. The third-order valence-electron chi connectivity index (χ3n) is 4.23. The average Bonchev–Trinajstić information content (AvgIpc) is 2.67. The molecule has 3 aromatic rings. The van der Waals surface area contributed by atoms with Gasteiger partial charge >= 0.3 is 0 Å². The quantitative estimate of drug-likeness (QED) is 0.569. The van der Waals surface area contributed by atoms with Gasteiger partial charge in [-0.2, -0.15) is 0 Å². The number of hydrogen-bond acceptors (Lipinski definition) is 1. The molecule has 132 valence electrons. The number of amides is 1. The molecule has 1 N–H and O–H groups in total. The Kier molecular flexibility index (Phi) is 6.32. The number of halogens is 2. The van der Waals surface area contributed by atoms with Gasteiger partial charge in [0.15, 0.2) is 0 Å². The molecule has 0 saturated heterocycles. The second-order valence-electron chi connectivity index (χ2n) is 6.02. The predicted molar refractivity (Wildman–Crippen MR) is 108 cm³/mol. The van der Waals surface area contributed by atoms with Crippen LogP contribution >= 0.6 is 23.2 Å². The van der Waals surface area contributed by atoms with Crippen LogP contribution in [0.3, 0.4) is 0 Å². The van der Waals surface area contributed by atoms with Gasteiger partial charge in [-0.05, 0) is 35.2 Å². The number of carbonyl (C=O) groups excluding carboxylic acids is 1. The van der Waals surface area contributed by atoms with Crippen LogP contribution < -0.4 is 5.32 Å². The summed E-state index contributed by atoms with van der Waals surface area (Å²) in [7, 11) is 0. The van der Waals surface area contributed by atoms with Gasteiger partial charge in [0.25, 0.3) is 0 Å². The van der Waals surface area contributed by atoms with E-state index in [1.807, 2.05) is 60.7 Å². The Bertz CT molecular complexity index is 806. The normalized spacial score (nSPS) is 10.7. The molecule has 2 nitrogen and oxygen atoms in total. The summed E-state index contributed by atoms with van der Waals surface area (Å²) in [5, 5.41) is 4.32. The maximum atomic E-state index is 12.6. The molecule has 0 heterocycles. The van der Waals surface area contributed by atoms with E-state index in [4.69, 9.17) is 23.2 Å². The summed E-state index contributed by atoms with van der Waals surface area (Å²) in [6, 6.07) is 25.1. The molecule has 3 aromatic carbocycles.